The van der Waals surface area contributed by atoms with Crippen LogP contribution >= 0.6 is 23.5 Å². The van der Waals surface area contributed by atoms with Crippen LogP contribution < -0.4 is 5.32 Å². The van der Waals surface area contributed by atoms with E-state index in [-0.39, 0.29) is 18.1 Å². The summed E-state index contributed by atoms with van der Waals surface area (Å²) < 4.78 is 45.1. The molecule has 2 atom stereocenters. The number of thioether (sulfide) groups is 2. The fourth-order valence-corrected chi connectivity index (χ4v) is 3.94. The molecule has 1 saturated heterocycles. The third-order valence-electron chi connectivity index (χ3n) is 4.14. The van der Waals surface area contributed by atoms with E-state index >= 15 is 0 Å². The van der Waals surface area contributed by atoms with Crippen LogP contribution in [0.25, 0.3) is 11.2 Å². The zero-order valence-electron chi connectivity index (χ0n) is 17.1. The molecule has 3 rings (SSSR count). The minimum atomic E-state index is -4.19. The highest BCUT2D eigenvalue weighted by molar-refractivity contribution is 7.99. The van der Waals surface area contributed by atoms with Crippen LogP contribution in [0.5, 0.6) is 0 Å². The standard InChI is InChI=1S/C16H22F3N5OS2.C2H6/c1-10-3-4-11(25-10)24-9-21-12-13(20-6-8-26-2)22-15(23-14(12)24)27-7-5-16(17,18)19;1-2/h9-11H,3-8H2,1-2H3,(H,20,22,23);1-2H3. The lowest BCUT2D eigenvalue weighted by Crippen LogP contribution is -2.11. The van der Waals surface area contributed by atoms with Crippen molar-refractivity contribution in [2.24, 2.45) is 0 Å². The number of rotatable bonds is 8. The predicted molar refractivity (Wildman–Crippen MR) is 114 cm³/mol. The first kappa shape index (κ1) is 24.1. The SMILES string of the molecule is CC.CSCCNc1nc(SCCC(F)(F)F)nc2c1ncn2C1CCC(C)O1. The van der Waals surface area contributed by atoms with Crippen LogP contribution in [0.3, 0.4) is 0 Å². The van der Waals surface area contributed by atoms with Crippen molar-refractivity contribution in [3.8, 4) is 0 Å². The lowest BCUT2D eigenvalue weighted by atomic mass is 10.2. The first-order valence-corrected chi connectivity index (χ1v) is 12.1. The highest BCUT2D eigenvalue weighted by atomic mass is 32.2. The van der Waals surface area contributed by atoms with E-state index in [0.29, 0.717) is 28.7 Å². The number of hydrogen-bond donors (Lipinski definition) is 1. The number of imidazole rings is 1. The van der Waals surface area contributed by atoms with Gasteiger partial charge in [0.25, 0.3) is 0 Å². The van der Waals surface area contributed by atoms with Gasteiger partial charge in [0, 0.05) is 18.1 Å². The number of aromatic nitrogens is 4. The van der Waals surface area contributed by atoms with E-state index in [9.17, 15) is 13.2 Å². The summed E-state index contributed by atoms with van der Waals surface area (Å²) in [6, 6.07) is 0. The molecule has 2 unspecified atom stereocenters. The Morgan fingerprint density at radius 2 is 2.00 bits per heavy atom. The molecule has 11 heteroatoms. The number of nitrogens with one attached hydrogen (secondary N) is 1. The van der Waals surface area contributed by atoms with E-state index in [2.05, 4.69) is 20.3 Å². The first-order chi connectivity index (χ1) is 13.9. The van der Waals surface area contributed by atoms with Crippen molar-refractivity contribution in [1.82, 2.24) is 19.5 Å². The Hall–Kier alpha value is -1.20. The molecule has 6 nitrogen and oxygen atoms in total. The minimum absolute atomic E-state index is 0.121. The van der Waals surface area contributed by atoms with Gasteiger partial charge >= 0.3 is 6.18 Å². The van der Waals surface area contributed by atoms with Crippen molar-refractivity contribution >= 4 is 40.5 Å². The Kier molecular flexibility index (Phi) is 9.35. The topological polar surface area (TPSA) is 64.9 Å². The zero-order chi connectivity index (χ0) is 21.4. The van der Waals surface area contributed by atoms with Crippen LogP contribution in [0.15, 0.2) is 11.5 Å². The maximum absolute atomic E-state index is 12.5. The summed E-state index contributed by atoms with van der Waals surface area (Å²) >= 11 is 2.69. The average Bonchev–Trinajstić information content (AvgIpc) is 3.28. The van der Waals surface area contributed by atoms with E-state index in [0.717, 1.165) is 30.4 Å². The minimum Gasteiger partial charge on any atom is -0.367 e. The summed E-state index contributed by atoms with van der Waals surface area (Å²) in [5.74, 6) is 1.31. The van der Waals surface area contributed by atoms with Gasteiger partial charge in [0.2, 0.25) is 0 Å². The molecule has 2 aromatic heterocycles. The molecule has 0 aliphatic carbocycles. The van der Waals surface area contributed by atoms with Crippen molar-refractivity contribution < 1.29 is 17.9 Å². The van der Waals surface area contributed by atoms with E-state index in [1.54, 1.807) is 18.1 Å². The third-order valence-corrected chi connectivity index (χ3v) is 5.60. The molecule has 0 saturated carbocycles. The summed E-state index contributed by atoms with van der Waals surface area (Å²) in [6.07, 6.45) is 0.406. The number of nitrogens with zero attached hydrogens (tertiary/aromatic N) is 4. The summed E-state index contributed by atoms with van der Waals surface area (Å²) in [5.41, 5.74) is 1.20. The smallest absolute Gasteiger partial charge is 0.367 e. The van der Waals surface area contributed by atoms with Gasteiger partial charge in [0.05, 0.1) is 18.9 Å². The number of hydrogen-bond acceptors (Lipinski definition) is 7. The second kappa shape index (κ2) is 11.3. The van der Waals surface area contributed by atoms with Gasteiger partial charge in [0.1, 0.15) is 6.23 Å². The second-order valence-electron chi connectivity index (χ2n) is 6.29. The molecule has 0 amide bonds. The van der Waals surface area contributed by atoms with Crippen LogP contribution in [-0.2, 0) is 4.74 Å². The van der Waals surface area contributed by atoms with Crippen molar-refractivity contribution in [2.75, 3.05) is 29.6 Å². The molecule has 1 N–H and O–H groups in total. The fraction of sp³-hybridized carbons (Fsp3) is 0.722. The molecule has 0 radical (unpaired) electrons. The van der Waals surface area contributed by atoms with E-state index in [1.807, 2.05) is 31.6 Å². The van der Waals surface area contributed by atoms with Crippen molar-refractivity contribution in [3.63, 3.8) is 0 Å². The second-order valence-corrected chi connectivity index (χ2v) is 8.34. The quantitative estimate of drug-likeness (QED) is 0.329. The summed E-state index contributed by atoms with van der Waals surface area (Å²) in [6.45, 7) is 6.70. The Labute approximate surface area is 177 Å². The predicted octanol–water partition coefficient (Wildman–Crippen LogP) is 5.37. The first-order valence-electron chi connectivity index (χ1n) is 9.70. The summed E-state index contributed by atoms with van der Waals surface area (Å²) in [7, 11) is 0. The van der Waals surface area contributed by atoms with Gasteiger partial charge in [-0.2, -0.15) is 24.9 Å². The molecule has 2 aromatic rings. The summed E-state index contributed by atoms with van der Waals surface area (Å²) in [4.78, 5) is 13.3. The average molecular weight is 452 g/mol. The van der Waals surface area contributed by atoms with Crippen LogP contribution in [0.1, 0.15) is 46.3 Å². The number of fused-ring (bicyclic) bond motifs is 1. The number of anilines is 1. The molecule has 1 fully saturated rings. The number of alkyl halides is 3. The van der Waals surface area contributed by atoms with Crippen LogP contribution in [-0.4, -0.2) is 56.1 Å². The van der Waals surface area contributed by atoms with Crippen molar-refractivity contribution in [2.45, 2.75) is 63.7 Å². The molecular weight excluding hydrogens is 423 g/mol. The van der Waals surface area contributed by atoms with Gasteiger partial charge in [-0.15, -0.1) is 0 Å². The fourth-order valence-electron chi connectivity index (χ4n) is 2.81. The van der Waals surface area contributed by atoms with Crippen LogP contribution in [0.2, 0.25) is 0 Å². The molecule has 3 heterocycles. The largest absolute Gasteiger partial charge is 0.389 e. The lowest BCUT2D eigenvalue weighted by Gasteiger charge is -2.14. The molecular formula is C18H28F3N5OS2. The lowest BCUT2D eigenvalue weighted by molar-refractivity contribution is -0.129. The normalized spacial score (nSPS) is 19.3. The third kappa shape index (κ3) is 6.92. The molecule has 1 aliphatic heterocycles. The van der Waals surface area contributed by atoms with Gasteiger partial charge in [-0.25, -0.2) is 15.0 Å². The van der Waals surface area contributed by atoms with Gasteiger partial charge in [0.15, 0.2) is 22.1 Å². The van der Waals surface area contributed by atoms with E-state index in [1.165, 1.54) is 0 Å². The molecule has 164 valence electrons. The Bertz CT molecular complexity index is 772. The van der Waals surface area contributed by atoms with Crippen LogP contribution in [0, 0.1) is 0 Å². The molecule has 0 bridgehead atoms. The van der Waals surface area contributed by atoms with Gasteiger partial charge in [-0.3, -0.25) is 4.57 Å². The number of ether oxygens (including phenoxy) is 1. The maximum atomic E-state index is 12.5. The van der Waals surface area contributed by atoms with E-state index < -0.39 is 12.6 Å². The van der Waals surface area contributed by atoms with E-state index in [4.69, 9.17) is 4.74 Å². The molecule has 29 heavy (non-hydrogen) atoms. The number of halogens is 3. The maximum Gasteiger partial charge on any atom is 0.389 e. The summed E-state index contributed by atoms with van der Waals surface area (Å²) in [5, 5.41) is 3.54. The van der Waals surface area contributed by atoms with Gasteiger partial charge < -0.3 is 10.1 Å². The van der Waals surface area contributed by atoms with Crippen LogP contribution in [0.4, 0.5) is 19.0 Å². The molecule has 1 aliphatic rings. The Balaban J connectivity index is 0.00000145. The molecule has 0 aromatic carbocycles. The van der Waals surface area contributed by atoms with Crippen molar-refractivity contribution in [1.29, 1.82) is 0 Å². The van der Waals surface area contributed by atoms with Gasteiger partial charge in [-0.05, 0) is 26.0 Å². The highest BCUT2D eigenvalue weighted by Gasteiger charge is 2.28. The highest BCUT2D eigenvalue weighted by Crippen LogP contribution is 2.33. The monoisotopic (exact) mass is 451 g/mol. The Morgan fingerprint density at radius 3 is 2.62 bits per heavy atom. The zero-order valence-corrected chi connectivity index (χ0v) is 18.8. The van der Waals surface area contributed by atoms with Gasteiger partial charge in [-0.1, -0.05) is 25.6 Å². The Morgan fingerprint density at radius 1 is 1.24 bits per heavy atom. The molecule has 0 spiro atoms. The van der Waals surface area contributed by atoms with Crippen molar-refractivity contribution in [3.05, 3.63) is 6.33 Å².